The lowest BCUT2D eigenvalue weighted by Gasteiger charge is -2.35. The van der Waals surface area contributed by atoms with Crippen molar-refractivity contribution in [2.75, 3.05) is 18.0 Å². The zero-order valence-corrected chi connectivity index (χ0v) is 11.5. The van der Waals surface area contributed by atoms with Crippen molar-refractivity contribution in [3.8, 4) is 0 Å². The van der Waals surface area contributed by atoms with E-state index in [1.165, 1.54) is 23.2 Å². The lowest BCUT2D eigenvalue weighted by Crippen LogP contribution is -2.39. The van der Waals surface area contributed by atoms with Crippen LogP contribution in [0.15, 0.2) is 30.3 Å². The maximum absolute atomic E-state index is 5.70. The van der Waals surface area contributed by atoms with Crippen LogP contribution in [0.4, 0.5) is 5.82 Å². The summed E-state index contributed by atoms with van der Waals surface area (Å²) < 4.78 is 0. The molecule has 0 bridgehead atoms. The normalized spacial score (nSPS) is 16.4. The number of para-hydroxylation sites is 1. The van der Waals surface area contributed by atoms with Gasteiger partial charge in [0.15, 0.2) is 0 Å². The molecular formula is C16H21N3. The van der Waals surface area contributed by atoms with Crippen molar-refractivity contribution < 1.29 is 0 Å². The molecule has 0 saturated heterocycles. The van der Waals surface area contributed by atoms with Crippen LogP contribution in [0.5, 0.6) is 0 Å². The van der Waals surface area contributed by atoms with E-state index >= 15 is 0 Å². The standard InChI is InChI=1S/C16H21N3/c1-12(8-9-17)19-10-4-6-14-11-13-5-2-3-7-15(13)18-16(14)19/h2-3,5,7,11-12H,4,6,8-10,17H2,1H3. The number of pyridine rings is 1. The fraction of sp³-hybridized carbons (Fsp3) is 0.438. The van der Waals surface area contributed by atoms with Crippen LogP contribution in [0.2, 0.25) is 0 Å². The zero-order valence-electron chi connectivity index (χ0n) is 11.5. The van der Waals surface area contributed by atoms with Gasteiger partial charge in [-0.15, -0.1) is 0 Å². The highest BCUT2D eigenvalue weighted by Crippen LogP contribution is 2.30. The van der Waals surface area contributed by atoms with E-state index in [1.807, 2.05) is 0 Å². The molecule has 3 heteroatoms. The molecule has 0 saturated carbocycles. The summed E-state index contributed by atoms with van der Waals surface area (Å²) in [5, 5.41) is 1.24. The number of aromatic nitrogens is 1. The molecule has 19 heavy (non-hydrogen) atoms. The average Bonchev–Trinajstić information content (AvgIpc) is 2.44. The Bertz CT molecular complexity index is 579. The number of hydrogen-bond acceptors (Lipinski definition) is 3. The largest absolute Gasteiger partial charge is 0.354 e. The summed E-state index contributed by atoms with van der Waals surface area (Å²) in [4.78, 5) is 7.31. The Balaban J connectivity index is 2.05. The Kier molecular flexibility index (Phi) is 3.38. The van der Waals surface area contributed by atoms with Crippen LogP contribution in [0.1, 0.15) is 25.3 Å². The van der Waals surface area contributed by atoms with Gasteiger partial charge >= 0.3 is 0 Å². The second-order valence-electron chi connectivity index (χ2n) is 5.39. The molecule has 1 atom stereocenters. The minimum atomic E-state index is 0.470. The van der Waals surface area contributed by atoms with E-state index in [9.17, 15) is 0 Å². The number of aryl methyl sites for hydroxylation is 1. The molecule has 100 valence electrons. The molecule has 0 radical (unpaired) electrons. The highest BCUT2D eigenvalue weighted by molar-refractivity contribution is 5.82. The molecule has 1 aliphatic heterocycles. The highest BCUT2D eigenvalue weighted by Gasteiger charge is 2.22. The number of hydrogen-bond donors (Lipinski definition) is 1. The summed E-state index contributed by atoms with van der Waals surface area (Å²) in [6.45, 7) is 4.08. The van der Waals surface area contributed by atoms with Crippen molar-refractivity contribution in [1.29, 1.82) is 0 Å². The first-order valence-corrected chi connectivity index (χ1v) is 7.15. The topological polar surface area (TPSA) is 42.1 Å². The second kappa shape index (κ2) is 5.17. The quantitative estimate of drug-likeness (QED) is 0.917. The molecule has 1 unspecified atom stereocenters. The summed E-state index contributed by atoms with van der Waals surface area (Å²) in [5.41, 5.74) is 8.17. The first kappa shape index (κ1) is 12.4. The van der Waals surface area contributed by atoms with Crippen LogP contribution in [-0.2, 0) is 6.42 Å². The molecule has 2 aromatic rings. The van der Waals surface area contributed by atoms with E-state index < -0.39 is 0 Å². The van der Waals surface area contributed by atoms with Gasteiger partial charge in [0.05, 0.1) is 5.52 Å². The third-order valence-electron chi connectivity index (χ3n) is 4.01. The Labute approximate surface area is 114 Å². The van der Waals surface area contributed by atoms with Crippen LogP contribution >= 0.6 is 0 Å². The van der Waals surface area contributed by atoms with Gasteiger partial charge in [0.1, 0.15) is 5.82 Å². The van der Waals surface area contributed by atoms with Gasteiger partial charge < -0.3 is 10.6 Å². The Hall–Kier alpha value is -1.61. The fourth-order valence-corrected chi connectivity index (χ4v) is 2.95. The number of rotatable bonds is 3. The number of nitrogens with zero attached hydrogens (tertiary/aromatic N) is 2. The van der Waals surface area contributed by atoms with Gasteiger partial charge in [0.2, 0.25) is 0 Å². The Morgan fingerprint density at radius 1 is 1.37 bits per heavy atom. The summed E-state index contributed by atoms with van der Waals surface area (Å²) >= 11 is 0. The number of fused-ring (bicyclic) bond motifs is 2. The minimum absolute atomic E-state index is 0.470. The fourth-order valence-electron chi connectivity index (χ4n) is 2.95. The smallest absolute Gasteiger partial charge is 0.132 e. The van der Waals surface area contributed by atoms with Gasteiger partial charge in [-0.1, -0.05) is 18.2 Å². The number of anilines is 1. The SMILES string of the molecule is CC(CCN)N1CCCc2cc3ccccc3nc21. The van der Waals surface area contributed by atoms with Crippen molar-refractivity contribution in [3.63, 3.8) is 0 Å². The van der Waals surface area contributed by atoms with Crippen LogP contribution in [-0.4, -0.2) is 24.1 Å². The maximum atomic E-state index is 5.70. The molecule has 1 aromatic heterocycles. The summed E-state index contributed by atoms with van der Waals surface area (Å²) in [7, 11) is 0. The van der Waals surface area contributed by atoms with Gasteiger partial charge in [-0.2, -0.15) is 0 Å². The van der Waals surface area contributed by atoms with E-state index in [4.69, 9.17) is 10.7 Å². The lowest BCUT2D eigenvalue weighted by molar-refractivity contribution is 0.559. The second-order valence-corrected chi connectivity index (χ2v) is 5.39. The molecule has 0 spiro atoms. The van der Waals surface area contributed by atoms with Crippen molar-refractivity contribution in [2.45, 2.75) is 32.2 Å². The molecule has 2 N–H and O–H groups in total. The predicted molar refractivity (Wildman–Crippen MR) is 80.5 cm³/mol. The summed E-state index contributed by atoms with van der Waals surface area (Å²) in [6, 6.07) is 11.1. The average molecular weight is 255 g/mol. The van der Waals surface area contributed by atoms with Crippen molar-refractivity contribution in [3.05, 3.63) is 35.9 Å². The van der Waals surface area contributed by atoms with Crippen molar-refractivity contribution >= 4 is 16.7 Å². The first-order chi connectivity index (χ1) is 9.29. The molecular weight excluding hydrogens is 234 g/mol. The van der Waals surface area contributed by atoms with Gasteiger partial charge in [-0.05, 0) is 50.4 Å². The van der Waals surface area contributed by atoms with Gasteiger partial charge in [-0.3, -0.25) is 0 Å². The monoisotopic (exact) mass is 255 g/mol. The molecule has 3 rings (SSSR count). The molecule has 0 fully saturated rings. The van der Waals surface area contributed by atoms with E-state index in [1.54, 1.807) is 0 Å². The van der Waals surface area contributed by atoms with Gasteiger partial charge in [0.25, 0.3) is 0 Å². The van der Waals surface area contributed by atoms with Crippen LogP contribution < -0.4 is 10.6 Å². The van der Waals surface area contributed by atoms with Crippen molar-refractivity contribution in [1.82, 2.24) is 4.98 Å². The highest BCUT2D eigenvalue weighted by atomic mass is 15.2. The molecule has 0 amide bonds. The third kappa shape index (κ3) is 2.30. The van der Waals surface area contributed by atoms with E-state index in [0.717, 1.165) is 31.4 Å². The Morgan fingerprint density at radius 2 is 2.21 bits per heavy atom. The van der Waals surface area contributed by atoms with E-state index in [0.29, 0.717) is 6.04 Å². The van der Waals surface area contributed by atoms with Crippen molar-refractivity contribution in [2.24, 2.45) is 5.73 Å². The molecule has 1 aliphatic rings. The van der Waals surface area contributed by atoms with Crippen LogP contribution in [0.3, 0.4) is 0 Å². The van der Waals surface area contributed by atoms with Crippen LogP contribution in [0, 0.1) is 0 Å². The first-order valence-electron chi connectivity index (χ1n) is 7.15. The summed E-state index contributed by atoms with van der Waals surface area (Å²) in [5.74, 6) is 1.17. The van der Waals surface area contributed by atoms with Gasteiger partial charge in [-0.25, -0.2) is 4.98 Å². The van der Waals surface area contributed by atoms with E-state index in [2.05, 4.69) is 42.2 Å². The van der Waals surface area contributed by atoms with Crippen LogP contribution in [0.25, 0.3) is 10.9 Å². The molecule has 0 aliphatic carbocycles. The molecule has 2 heterocycles. The van der Waals surface area contributed by atoms with Gasteiger partial charge in [0, 0.05) is 18.0 Å². The maximum Gasteiger partial charge on any atom is 0.132 e. The third-order valence-corrected chi connectivity index (χ3v) is 4.01. The molecule has 3 nitrogen and oxygen atoms in total. The predicted octanol–water partition coefficient (Wildman–Crippen LogP) is 2.72. The minimum Gasteiger partial charge on any atom is -0.354 e. The number of nitrogens with two attached hydrogens (primary N) is 1. The van der Waals surface area contributed by atoms with E-state index in [-0.39, 0.29) is 0 Å². The summed E-state index contributed by atoms with van der Waals surface area (Å²) in [6.07, 6.45) is 3.37. The zero-order chi connectivity index (χ0) is 13.2. The Morgan fingerprint density at radius 3 is 3.05 bits per heavy atom. The lowest BCUT2D eigenvalue weighted by atomic mass is 10.0. The molecule has 1 aromatic carbocycles. The number of benzene rings is 1.